The summed E-state index contributed by atoms with van der Waals surface area (Å²) in [6, 6.07) is -4.16. The fourth-order valence-electron chi connectivity index (χ4n) is 15.7. The molecular weight excluding hydrogens is 1820 g/mol. The molecule has 61 nitrogen and oxygen atoms in total. The molecule has 9 saturated heterocycles. The van der Waals surface area contributed by atoms with Gasteiger partial charge in [0.05, 0.1) is 78.3 Å². The number of rotatable bonds is 40. The average molecular weight is 1940 g/mol. The zero-order chi connectivity index (χ0) is 96.0. The van der Waals surface area contributed by atoms with Crippen molar-refractivity contribution in [3.63, 3.8) is 0 Å². The molecule has 49 atom stereocenters. The van der Waals surface area contributed by atoms with Gasteiger partial charge < -0.3 is 260 Å². The molecule has 0 saturated carbocycles. The predicted octanol–water partition coefficient (Wildman–Crippen LogP) is -21.7. The van der Waals surface area contributed by atoms with Crippen LogP contribution in [0, 0.1) is 0 Å². The highest BCUT2D eigenvalue weighted by Gasteiger charge is 2.66. The Morgan fingerprint density at radius 3 is 1.33 bits per heavy atom. The van der Waals surface area contributed by atoms with Crippen molar-refractivity contribution in [1.82, 2.24) is 10.6 Å². The van der Waals surface area contributed by atoms with E-state index >= 15 is 0 Å². The molecule has 0 aromatic rings. The number of aliphatic hydroxyl groups is 28. The Balaban J connectivity index is 1.15. The van der Waals surface area contributed by atoms with Crippen LogP contribution in [0.25, 0.3) is 0 Å². The van der Waals surface area contributed by atoms with Gasteiger partial charge in [-0.2, -0.15) is 4.31 Å². The van der Waals surface area contributed by atoms with Crippen molar-refractivity contribution >= 4 is 39.4 Å². The first-order valence-corrected chi connectivity index (χ1v) is 42.6. The van der Waals surface area contributed by atoms with Crippen molar-refractivity contribution in [3.8, 4) is 0 Å². The van der Waals surface area contributed by atoms with Crippen molar-refractivity contribution in [2.75, 3.05) is 72.6 Å². The number of carboxylic acids is 2. The molecule has 0 spiro atoms. The molecule has 9 heterocycles. The molecule has 0 aromatic heterocycles. The standard InChI is InChI=1S/C66H113N3O58P2/c1-16(79)68-29-35(90)32(87)24(11-74)109-56(29)122-55-53(126-129(106,107)127-128(104,105)108-4-3-67)41(96)44(19(82)7-70)114-62(55)120-52-43(98)61(118-50-23(6-65(103,63(99)100)124-47(50)22(85)10-73)123-66(64(101)102)5-18(81)31(86)45(125-66)20(83)8-71)115-46(21(84)9-72)54(52)121-59-40(95)38(93)49(28(15-78)113-59)117-60-42(97)51(34(89)26(13-76)111-60)119-57-30(69-17(2)80)36(91)48(27(14-77)112-57)116-58-39(94)37(92)33(88)25(12-75)110-58/h18-62,70-78,81-98,103H,3-15,67H2,1-2H3,(H,68,79)(H,69,80)(H,99,100)(H,101,102)(H,104,105)(H,106,107)/t18-,19+,20-,21+,22-,23-,24-,25-,26-,27-,28-,29-,30-,31-,32-,33+,34+,35-,36-,37+,38-,39-,40-,41-,42-,43+,44-,45-,46-,47-,48-,49-,50-,51+,52-,53+,54-,55+,56-,57+,58+,59+,60+,61-,62-,65-,66-/m1/s1. The quantitative estimate of drug-likeness (QED) is 0.0253. The van der Waals surface area contributed by atoms with Crippen molar-refractivity contribution in [2.24, 2.45) is 5.73 Å². The lowest BCUT2D eigenvalue weighted by atomic mass is 9.89. The summed E-state index contributed by atoms with van der Waals surface area (Å²) in [5.41, 5.74) is 5.36. The summed E-state index contributed by atoms with van der Waals surface area (Å²) < 4.78 is 141. The third-order valence-electron chi connectivity index (χ3n) is 22.2. The second kappa shape index (κ2) is 46.2. The number of amides is 2. The van der Waals surface area contributed by atoms with Crippen LogP contribution in [0.2, 0.25) is 0 Å². The van der Waals surface area contributed by atoms with Gasteiger partial charge in [-0.1, -0.05) is 0 Å². The first-order valence-electron chi connectivity index (χ1n) is 39.6. The zero-order valence-electron chi connectivity index (χ0n) is 67.6. The molecule has 9 aliphatic rings. The average Bonchev–Trinajstić information content (AvgIpc) is 0.745. The SMILES string of the molecule is CC(=O)N[C@H]1[C@H](O[C@H]2[C@@H](O)[C@@H](CO)O[C@@H](O[C@H]3[C@H](O)[C@@H](O)[C@H](O[C@H]4[C@H](O[C@H]5O[C@H]([C@@H](O)CO)[C@@H](O)[C@H](OP(=O)(O)OP(=O)(O)OCCN)[C@@H]5O[C@H]5O[C@H](CO)[C@@H](O)[C@H](O)[C@H]5NC(C)=O)[C@H](O)[C@@H](O[C@H]5[C@@H]([C@H](O)CO)O[C@@](O)(C(=O)O)C[C@H]5O[C@]5(C(=O)O)C[C@@H](O)[C@@H](O)[C@@H]([C@H](O)CO)O5)O[C@@H]4[C@@H](O)CO)O[C@@H]3CO)[C@@H]2O)O[C@H](CO)[C@@H](O[C@@H]2O[C@H](CO)[C@H](O)[C@H](O)[C@H]2O)[C@@H]1O. The summed E-state index contributed by atoms with van der Waals surface area (Å²) in [6.07, 6.45) is -110. The maximum atomic E-state index is 14.2. The Bertz CT molecular complexity index is 3660. The Kier molecular flexibility index (Phi) is 39.0. The van der Waals surface area contributed by atoms with Crippen LogP contribution in [0.4, 0.5) is 0 Å². The molecule has 750 valence electrons. The number of aliphatic carboxylic acids is 2. The second-order valence-corrected chi connectivity index (χ2v) is 34.3. The van der Waals surface area contributed by atoms with Crippen LogP contribution in [0.3, 0.4) is 0 Å². The number of ether oxygens (including phenoxy) is 17. The van der Waals surface area contributed by atoms with Gasteiger partial charge in [-0.3, -0.25) is 18.6 Å². The number of nitrogens with two attached hydrogens (primary N) is 1. The van der Waals surface area contributed by atoms with Crippen LogP contribution in [-0.4, -0.2) is 547 Å². The number of carbonyl (C=O) groups is 4. The van der Waals surface area contributed by atoms with Crippen LogP contribution < -0.4 is 16.4 Å². The fourth-order valence-corrected chi connectivity index (χ4v) is 18.0. The van der Waals surface area contributed by atoms with Crippen LogP contribution in [0.5, 0.6) is 0 Å². The van der Waals surface area contributed by atoms with E-state index < -0.39 is 412 Å². The summed E-state index contributed by atoms with van der Waals surface area (Å²) in [5, 5.41) is 340. The molecule has 9 rings (SSSR count). The van der Waals surface area contributed by atoms with E-state index in [1.165, 1.54) is 0 Å². The molecule has 129 heavy (non-hydrogen) atoms. The minimum absolute atomic E-state index is 0.593. The first kappa shape index (κ1) is 109. The van der Waals surface area contributed by atoms with Gasteiger partial charge in [0.1, 0.15) is 220 Å². The highest BCUT2D eigenvalue weighted by Crippen LogP contribution is 2.62. The Labute approximate surface area is 725 Å². The molecule has 0 aromatic carbocycles. The van der Waals surface area contributed by atoms with Gasteiger partial charge in [-0.15, -0.1) is 0 Å². The Morgan fingerprint density at radius 1 is 0.395 bits per heavy atom. The van der Waals surface area contributed by atoms with Gasteiger partial charge >= 0.3 is 27.6 Å². The Hall–Kier alpha value is -3.70. The van der Waals surface area contributed by atoms with Gasteiger partial charge in [0.2, 0.25) is 11.8 Å². The lowest BCUT2D eigenvalue weighted by molar-refractivity contribution is -0.419. The van der Waals surface area contributed by atoms with E-state index in [9.17, 15) is 191 Å². The van der Waals surface area contributed by atoms with Gasteiger partial charge in [-0.05, 0) is 0 Å². The minimum Gasteiger partial charge on any atom is -0.477 e. The smallest absolute Gasteiger partial charge is 0.477 e. The van der Waals surface area contributed by atoms with E-state index in [0.29, 0.717) is 0 Å². The number of carbonyl (C=O) groups excluding carboxylic acids is 2. The number of carboxylic acid groups (broad SMARTS) is 2. The van der Waals surface area contributed by atoms with Crippen LogP contribution in [0.15, 0.2) is 0 Å². The molecule has 9 aliphatic heterocycles. The third-order valence-corrected chi connectivity index (χ3v) is 24.9. The van der Waals surface area contributed by atoms with E-state index in [-0.39, 0.29) is 0 Å². The van der Waals surface area contributed by atoms with Gasteiger partial charge in [-0.25, -0.2) is 18.7 Å². The molecule has 36 N–H and O–H groups in total. The van der Waals surface area contributed by atoms with E-state index in [1.54, 1.807) is 0 Å². The molecule has 2 amide bonds. The molecule has 0 aliphatic carbocycles. The van der Waals surface area contributed by atoms with Gasteiger partial charge in [0, 0.05) is 33.2 Å². The van der Waals surface area contributed by atoms with E-state index in [0.717, 1.165) is 13.8 Å². The Morgan fingerprint density at radius 2 is 0.806 bits per heavy atom. The minimum atomic E-state index is -6.55. The lowest BCUT2D eigenvalue weighted by Crippen LogP contribution is -2.71. The van der Waals surface area contributed by atoms with E-state index in [4.69, 9.17) is 90.8 Å². The maximum absolute atomic E-state index is 14.2. The highest BCUT2D eigenvalue weighted by atomic mass is 31.3. The summed E-state index contributed by atoms with van der Waals surface area (Å²) >= 11 is 0. The number of phosphoric ester groups is 2. The molecular formula is C66H113N3O58P2. The monoisotopic (exact) mass is 1940 g/mol. The maximum Gasteiger partial charge on any atom is 0.481 e. The van der Waals surface area contributed by atoms with E-state index in [2.05, 4.69) is 19.5 Å². The molecule has 2 unspecified atom stereocenters. The first-order chi connectivity index (χ1) is 60.5. The number of phosphoric acid groups is 2. The van der Waals surface area contributed by atoms with Crippen LogP contribution in [0.1, 0.15) is 26.7 Å². The number of aliphatic hydroxyl groups excluding tert-OH is 27. The topological polar surface area (TPSA) is 984 Å². The summed E-state index contributed by atoms with van der Waals surface area (Å²) in [4.78, 5) is 74.2. The van der Waals surface area contributed by atoms with Crippen LogP contribution in [-0.2, 0) is 122 Å². The number of hydrogen-bond acceptors (Lipinski definition) is 55. The zero-order valence-corrected chi connectivity index (χ0v) is 69.4. The van der Waals surface area contributed by atoms with Crippen molar-refractivity contribution < 1.29 is 285 Å². The predicted molar refractivity (Wildman–Crippen MR) is 389 cm³/mol. The number of hydrogen-bond donors (Lipinski definition) is 35. The summed E-state index contributed by atoms with van der Waals surface area (Å²) in [7, 11) is -12.5. The molecule has 63 heteroatoms. The second-order valence-electron chi connectivity index (χ2n) is 31.3. The van der Waals surface area contributed by atoms with Gasteiger partial charge in [0.15, 0.2) is 44.0 Å². The lowest BCUT2D eigenvalue weighted by Gasteiger charge is -2.53. The molecule has 0 radical (unpaired) electrons. The van der Waals surface area contributed by atoms with E-state index in [1.807, 2.05) is 0 Å². The largest absolute Gasteiger partial charge is 0.481 e. The van der Waals surface area contributed by atoms with Crippen molar-refractivity contribution in [2.45, 2.75) is 314 Å². The third kappa shape index (κ3) is 24.5. The van der Waals surface area contributed by atoms with Crippen molar-refractivity contribution in [3.05, 3.63) is 0 Å². The number of nitrogens with one attached hydrogen (secondary N) is 2. The van der Waals surface area contributed by atoms with Crippen molar-refractivity contribution in [1.29, 1.82) is 0 Å². The van der Waals surface area contributed by atoms with Crippen LogP contribution >= 0.6 is 15.6 Å². The summed E-state index contributed by atoms with van der Waals surface area (Å²) in [5.74, 6) is -14.3. The fraction of sp³-hybridized carbons (Fsp3) is 0.939. The summed E-state index contributed by atoms with van der Waals surface area (Å²) in [6.45, 7) is -12.2. The normalized spacial score (nSPS) is 46.1. The highest BCUT2D eigenvalue weighted by molar-refractivity contribution is 7.61. The molecule has 9 fully saturated rings. The van der Waals surface area contributed by atoms with Gasteiger partial charge in [0.25, 0.3) is 11.6 Å². The molecule has 0 bridgehead atoms.